The molecule has 18 heavy (non-hydrogen) atoms. The molecule has 98 valence electrons. The van der Waals surface area contributed by atoms with E-state index in [4.69, 9.17) is 0 Å². The third-order valence-corrected chi connectivity index (χ3v) is 3.90. The number of nitrogens with zero attached hydrogens (tertiary/aromatic N) is 1. The molecule has 2 rings (SSSR count). The summed E-state index contributed by atoms with van der Waals surface area (Å²) in [6.07, 6.45) is 0.799. The maximum absolute atomic E-state index is 11.7. The van der Waals surface area contributed by atoms with Crippen LogP contribution in [-0.4, -0.2) is 16.7 Å². The topological polar surface area (TPSA) is 59.1 Å². The zero-order valence-electron chi connectivity index (χ0n) is 10.9. The third kappa shape index (κ3) is 2.96. The van der Waals surface area contributed by atoms with Gasteiger partial charge in [0.05, 0.1) is 18.2 Å². The van der Waals surface area contributed by atoms with E-state index < -0.39 is 0 Å². The molecule has 0 radical (unpaired) electrons. The predicted octanol–water partition coefficient (Wildman–Crippen LogP) is 2.04. The lowest BCUT2D eigenvalue weighted by molar-refractivity contribution is -0.138. The van der Waals surface area contributed by atoms with Gasteiger partial charge in [-0.3, -0.25) is 9.59 Å². The first-order chi connectivity index (χ1) is 8.36. The largest absolute Gasteiger partial charge is 0.349 e. The number of Topliss-reactive ketones (excluding diaryl/α,β-unsaturated/α-hetero) is 1. The molecule has 0 aliphatic heterocycles. The smallest absolute Gasteiger partial charge is 0.224 e. The molecular weight excluding hydrogens is 248 g/mol. The van der Waals surface area contributed by atoms with Gasteiger partial charge in [0.15, 0.2) is 0 Å². The lowest BCUT2D eigenvalue weighted by Crippen LogP contribution is -2.38. The minimum absolute atomic E-state index is 0.0258. The van der Waals surface area contributed by atoms with E-state index in [2.05, 4.69) is 31.1 Å². The second-order valence-electron chi connectivity index (χ2n) is 5.74. The van der Waals surface area contributed by atoms with Crippen molar-refractivity contribution < 1.29 is 9.59 Å². The Morgan fingerprint density at radius 3 is 2.67 bits per heavy atom. The van der Waals surface area contributed by atoms with Gasteiger partial charge in [-0.05, 0) is 0 Å². The Morgan fingerprint density at radius 2 is 2.17 bits per heavy atom. The number of carbonyl (C=O) groups excluding carboxylic acids is 2. The molecule has 1 aliphatic rings. The van der Waals surface area contributed by atoms with Crippen LogP contribution < -0.4 is 5.32 Å². The normalized spacial score (nSPS) is 16.5. The Morgan fingerprint density at radius 1 is 1.50 bits per heavy atom. The second kappa shape index (κ2) is 4.80. The van der Waals surface area contributed by atoms with Crippen molar-refractivity contribution >= 4 is 23.0 Å². The van der Waals surface area contributed by atoms with E-state index >= 15 is 0 Å². The van der Waals surface area contributed by atoms with E-state index in [-0.39, 0.29) is 23.0 Å². The molecular formula is C13H18N2O2S. The Labute approximate surface area is 111 Å². The summed E-state index contributed by atoms with van der Waals surface area (Å²) >= 11 is 1.56. The van der Waals surface area contributed by atoms with Gasteiger partial charge in [0.1, 0.15) is 10.8 Å². The Bertz CT molecular complexity index is 466. The second-order valence-corrected chi connectivity index (χ2v) is 6.68. The minimum Gasteiger partial charge on any atom is -0.349 e. The number of amides is 1. The third-order valence-electron chi connectivity index (χ3n) is 3.05. The number of nitrogens with one attached hydrogen (secondary N) is 1. The van der Waals surface area contributed by atoms with Crippen LogP contribution in [0.25, 0.3) is 0 Å². The maximum Gasteiger partial charge on any atom is 0.224 e. The zero-order chi connectivity index (χ0) is 13.3. The molecule has 0 saturated heterocycles. The number of ketones is 1. The Balaban J connectivity index is 1.85. The molecule has 1 saturated carbocycles. The molecule has 0 spiro atoms. The lowest BCUT2D eigenvalue weighted by atomic mass is 9.83. The maximum atomic E-state index is 11.7. The molecule has 1 fully saturated rings. The first kappa shape index (κ1) is 13.2. The summed E-state index contributed by atoms with van der Waals surface area (Å²) in [5.74, 6) is 0.0427. The van der Waals surface area contributed by atoms with Crippen LogP contribution in [0.1, 0.15) is 44.3 Å². The molecule has 4 nitrogen and oxygen atoms in total. The van der Waals surface area contributed by atoms with Crippen LogP contribution in [0.15, 0.2) is 5.38 Å². The van der Waals surface area contributed by atoms with Gasteiger partial charge >= 0.3 is 0 Å². The van der Waals surface area contributed by atoms with Crippen LogP contribution in [0.4, 0.5) is 0 Å². The van der Waals surface area contributed by atoms with E-state index in [1.54, 1.807) is 11.3 Å². The number of carbonyl (C=O) groups is 2. The fourth-order valence-electron chi connectivity index (χ4n) is 1.72. The van der Waals surface area contributed by atoms with Crippen LogP contribution in [0.5, 0.6) is 0 Å². The van der Waals surface area contributed by atoms with Crippen molar-refractivity contribution in [3.63, 3.8) is 0 Å². The summed E-state index contributed by atoms with van der Waals surface area (Å²) in [6.45, 7) is 6.81. The monoisotopic (exact) mass is 266 g/mol. The average molecular weight is 266 g/mol. The van der Waals surface area contributed by atoms with E-state index in [0.29, 0.717) is 19.4 Å². The minimum atomic E-state index is -0.112. The number of rotatable bonds is 3. The molecule has 1 amide bonds. The number of hydrogen-bond acceptors (Lipinski definition) is 4. The van der Waals surface area contributed by atoms with Crippen molar-refractivity contribution in [3.05, 3.63) is 16.1 Å². The molecule has 1 aliphatic carbocycles. The Hall–Kier alpha value is -1.23. The molecule has 0 atom stereocenters. The van der Waals surface area contributed by atoms with Crippen molar-refractivity contribution in [2.45, 2.75) is 45.6 Å². The number of aromatic nitrogens is 1. The van der Waals surface area contributed by atoms with Gasteiger partial charge in [-0.1, -0.05) is 20.8 Å². The average Bonchev–Trinajstić information content (AvgIpc) is 2.69. The molecule has 0 aromatic carbocycles. The highest BCUT2D eigenvalue weighted by molar-refractivity contribution is 7.09. The van der Waals surface area contributed by atoms with Crippen LogP contribution >= 0.6 is 11.3 Å². The molecule has 1 heterocycles. The first-order valence-corrected chi connectivity index (χ1v) is 6.98. The highest BCUT2D eigenvalue weighted by atomic mass is 32.1. The molecule has 1 N–H and O–H groups in total. The van der Waals surface area contributed by atoms with Crippen molar-refractivity contribution in [3.8, 4) is 0 Å². The fourth-order valence-corrected chi connectivity index (χ4v) is 2.68. The Kier molecular flexibility index (Phi) is 3.52. The highest BCUT2D eigenvalue weighted by Gasteiger charge is 2.32. The van der Waals surface area contributed by atoms with Gasteiger partial charge in [-0.15, -0.1) is 11.3 Å². The summed E-state index contributed by atoms with van der Waals surface area (Å²) in [6, 6.07) is 0. The zero-order valence-corrected chi connectivity index (χ0v) is 11.8. The first-order valence-electron chi connectivity index (χ1n) is 6.10. The van der Waals surface area contributed by atoms with Crippen LogP contribution in [0.2, 0.25) is 0 Å². The molecule has 0 bridgehead atoms. The predicted molar refractivity (Wildman–Crippen MR) is 70.4 cm³/mol. The van der Waals surface area contributed by atoms with Crippen LogP contribution in [0, 0.1) is 5.92 Å². The van der Waals surface area contributed by atoms with Crippen molar-refractivity contribution in [1.29, 1.82) is 0 Å². The number of thiazole rings is 1. The summed E-state index contributed by atoms with van der Waals surface area (Å²) in [4.78, 5) is 27.0. The summed E-state index contributed by atoms with van der Waals surface area (Å²) in [5.41, 5.74) is 1.09. The van der Waals surface area contributed by atoms with Gasteiger partial charge in [-0.2, -0.15) is 0 Å². The number of hydrogen-bond donors (Lipinski definition) is 1. The van der Waals surface area contributed by atoms with Gasteiger partial charge in [0.25, 0.3) is 0 Å². The van der Waals surface area contributed by atoms with Gasteiger partial charge in [-0.25, -0.2) is 4.98 Å². The quantitative estimate of drug-likeness (QED) is 0.910. The van der Waals surface area contributed by atoms with E-state index in [9.17, 15) is 9.59 Å². The summed E-state index contributed by atoms with van der Waals surface area (Å²) in [5, 5.41) is 5.79. The standard InChI is InChI=1S/C13H18N2O2S/c1-13(2,3)10-7-18-11(15-10)6-14-12(17)8-4-9(16)5-8/h7-8H,4-6H2,1-3H3,(H,14,17). The van der Waals surface area contributed by atoms with Gasteiger partial charge in [0.2, 0.25) is 5.91 Å². The molecule has 0 unspecified atom stereocenters. The molecule has 1 aromatic heterocycles. The summed E-state index contributed by atoms with van der Waals surface area (Å²) < 4.78 is 0. The van der Waals surface area contributed by atoms with E-state index in [0.717, 1.165) is 10.7 Å². The van der Waals surface area contributed by atoms with Gasteiger partial charge in [0, 0.05) is 23.6 Å². The van der Waals surface area contributed by atoms with Crippen molar-refractivity contribution in [1.82, 2.24) is 10.3 Å². The molecule has 1 aromatic rings. The van der Waals surface area contributed by atoms with Crippen molar-refractivity contribution in [2.75, 3.05) is 0 Å². The SMILES string of the molecule is CC(C)(C)c1csc(CNC(=O)C2CC(=O)C2)n1. The van der Waals surface area contributed by atoms with E-state index in [1.165, 1.54) is 0 Å². The van der Waals surface area contributed by atoms with Crippen LogP contribution in [0.3, 0.4) is 0 Å². The molecule has 5 heteroatoms. The summed E-state index contributed by atoms with van der Waals surface area (Å²) in [7, 11) is 0. The highest BCUT2D eigenvalue weighted by Crippen LogP contribution is 2.25. The lowest BCUT2D eigenvalue weighted by Gasteiger charge is -2.22. The van der Waals surface area contributed by atoms with Crippen LogP contribution in [-0.2, 0) is 21.5 Å². The van der Waals surface area contributed by atoms with Crippen molar-refractivity contribution in [2.24, 2.45) is 5.92 Å². The van der Waals surface area contributed by atoms with Gasteiger partial charge < -0.3 is 5.32 Å². The fraction of sp³-hybridized carbons (Fsp3) is 0.615. The van der Waals surface area contributed by atoms with E-state index in [1.807, 2.05) is 5.38 Å².